The van der Waals surface area contributed by atoms with E-state index >= 15 is 0 Å². The number of aliphatic imine (C=N–C) groups is 1. The molecule has 1 amide bonds. The zero-order valence-electron chi connectivity index (χ0n) is 17.3. The van der Waals surface area contributed by atoms with E-state index in [1.165, 1.54) is 24.3 Å². The molecule has 6 nitrogen and oxygen atoms in total. The monoisotopic (exact) mass is 485 g/mol. The zero-order chi connectivity index (χ0) is 23.0. The number of benzene rings is 2. The molecule has 1 aliphatic heterocycles. The van der Waals surface area contributed by atoms with Crippen LogP contribution in [0.4, 0.5) is 10.8 Å². The molecule has 1 aromatic heterocycles. The van der Waals surface area contributed by atoms with Crippen molar-refractivity contribution in [1.29, 1.82) is 0 Å². The smallest absolute Gasteiger partial charge is 0.363 e. The molecule has 32 heavy (non-hydrogen) atoms. The van der Waals surface area contributed by atoms with Gasteiger partial charge in [0.15, 0.2) is 10.8 Å². The van der Waals surface area contributed by atoms with Crippen LogP contribution in [-0.2, 0) is 14.3 Å². The molecule has 2 heterocycles. The van der Waals surface area contributed by atoms with E-state index in [0.29, 0.717) is 26.4 Å². The maximum Gasteiger partial charge on any atom is 0.363 e. The number of thiazole rings is 1. The Morgan fingerprint density at radius 3 is 2.69 bits per heavy atom. The summed E-state index contributed by atoms with van der Waals surface area (Å²) in [7, 11) is 0. The van der Waals surface area contributed by atoms with Gasteiger partial charge in [-0.2, -0.15) is 0 Å². The van der Waals surface area contributed by atoms with Crippen LogP contribution in [0.3, 0.4) is 0 Å². The van der Waals surface area contributed by atoms with Crippen molar-refractivity contribution in [3.05, 3.63) is 79.9 Å². The number of carbonyl (C=O) groups is 2. The van der Waals surface area contributed by atoms with Crippen LogP contribution >= 0.6 is 34.5 Å². The summed E-state index contributed by atoms with van der Waals surface area (Å²) in [5, 5.41) is 3.04. The van der Waals surface area contributed by atoms with Gasteiger partial charge in [0.25, 0.3) is 0 Å². The number of aryl methyl sites for hydroxylation is 1. The number of hydrogen-bond donors (Lipinski definition) is 0. The van der Waals surface area contributed by atoms with Gasteiger partial charge in [0.05, 0.1) is 22.0 Å². The molecule has 2 aromatic carbocycles. The summed E-state index contributed by atoms with van der Waals surface area (Å²) in [5.74, 6) is -0.678. The topological polar surface area (TPSA) is 71.9 Å². The molecule has 1 aliphatic rings. The van der Waals surface area contributed by atoms with Gasteiger partial charge in [0, 0.05) is 17.3 Å². The van der Waals surface area contributed by atoms with E-state index in [1.54, 1.807) is 28.5 Å². The minimum absolute atomic E-state index is 0.0870. The van der Waals surface area contributed by atoms with Crippen molar-refractivity contribution in [2.24, 2.45) is 4.99 Å². The first kappa shape index (κ1) is 22.2. The molecule has 0 saturated carbocycles. The Morgan fingerprint density at radius 1 is 1.19 bits per heavy atom. The lowest BCUT2D eigenvalue weighted by Crippen LogP contribution is -2.23. The van der Waals surface area contributed by atoms with Crippen LogP contribution in [0.1, 0.15) is 29.3 Å². The van der Waals surface area contributed by atoms with E-state index in [9.17, 15) is 9.59 Å². The summed E-state index contributed by atoms with van der Waals surface area (Å²) in [4.78, 5) is 35.1. The number of anilines is 2. The van der Waals surface area contributed by atoms with Gasteiger partial charge in [0.1, 0.15) is 0 Å². The average molecular weight is 486 g/mol. The van der Waals surface area contributed by atoms with Gasteiger partial charge in [-0.1, -0.05) is 35.3 Å². The number of ether oxygens (including phenoxy) is 1. The number of hydrogen-bond acceptors (Lipinski definition) is 6. The number of rotatable bonds is 4. The van der Waals surface area contributed by atoms with Gasteiger partial charge >= 0.3 is 5.97 Å². The van der Waals surface area contributed by atoms with Crippen LogP contribution in [-0.4, -0.2) is 22.8 Å². The fourth-order valence-electron chi connectivity index (χ4n) is 3.16. The molecule has 0 spiro atoms. The Morgan fingerprint density at radius 2 is 1.97 bits per heavy atom. The molecule has 162 valence electrons. The van der Waals surface area contributed by atoms with Crippen molar-refractivity contribution in [3.8, 4) is 0 Å². The van der Waals surface area contributed by atoms with Crippen LogP contribution in [0.5, 0.6) is 0 Å². The lowest BCUT2D eigenvalue weighted by atomic mass is 10.1. The van der Waals surface area contributed by atoms with Crippen molar-refractivity contribution in [2.75, 3.05) is 4.90 Å². The van der Waals surface area contributed by atoms with Crippen LogP contribution in [0.25, 0.3) is 6.08 Å². The highest BCUT2D eigenvalue weighted by atomic mass is 35.5. The molecule has 0 aliphatic carbocycles. The van der Waals surface area contributed by atoms with Crippen molar-refractivity contribution in [2.45, 2.75) is 20.8 Å². The van der Waals surface area contributed by atoms with Crippen LogP contribution < -0.4 is 4.90 Å². The Bertz CT molecular complexity index is 1310. The molecule has 0 N–H and O–H groups in total. The van der Waals surface area contributed by atoms with E-state index in [-0.39, 0.29) is 17.5 Å². The summed E-state index contributed by atoms with van der Waals surface area (Å²) in [6, 6.07) is 10.6. The minimum Gasteiger partial charge on any atom is -0.402 e. The van der Waals surface area contributed by atoms with E-state index in [2.05, 4.69) is 9.98 Å². The highest BCUT2D eigenvalue weighted by molar-refractivity contribution is 7.14. The first-order chi connectivity index (χ1) is 15.2. The standard InChI is InChI=1S/C23H17Cl2N3O3S/c1-12-5-4-6-20(13(12)2)28(14(3)29)23-26-16(11-32-23)10-19-22(30)31-21(27-19)17-8-7-15(24)9-18(17)25/h4-11H,1-3H3/b19-10-. The fraction of sp³-hybridized carbons (Fsp3) is 0.130. The summed E-state index contributed by atoms with van der Waals surface area (Å²) in [6.45, 7) is 5.44. The van der Waals surface area contributed by atoms with Gasteiger partial charge in [-0.05, 0) is 55.3 Å². The number of cyclic esters (lactones) is 1. The molecule has 0 fully saturated rings. The largest absolute Gasteiger partial charge is 0.402 e. The number of nitrogens with zero attached hydrogens (tertiary/aromatic N) is 3. The normalized spacial score (nSPS) is 14.5. The third-order valence-electron chi connectivity index (χ3n) is 4.90. The van der Waals surface area contributed by atoms with Gasteiger partial charge in [-0.15, -0.1) is 11.3 Å². The maximum absolute atomic E-state index is 12.4. The number of carbonyl (C=O) groups excluding carboxylic acids is 2. The molecule has 0 radical (unpaired) electrons. The predicted octanol–water partition coefficient (Wildman–Crippen LogP) is 6.10. The first-order valence-electron chi connectivity index (χ1n) is 9.55. The molecule has 3 aromatic rings. The van der Waals surface area contributed by atoms with Crippen molar-refractivity contribution >= 4 is 69.2 Å². The van der Waals surface area contributed by atoms with Crippen molar-refractivity contribution < 1.29 is 14.3 Å². The molecule has 0 saturated heterocycles. The summed E-state index contributed by atoms with van der Waals surface area (Å²) in [5.41, 5.74) is 3.87. The Hall–Kier alpha value is -3.00. The predicted molar refractivity (Wildman–Crippen MR) is 128 cm³/mol. The second kappa shape index (κ2) is 8.86. The summed E-state index contributed by atoms with van der Waals surface area (Å²) >= 11 is 13.4. The summed E-state index contributed by atoms with van der Waals surface area (Å²) in [6.07, 6.45) is 1.51. The van der Waals surface area contributed by atoms with Crippen molar-refractivity contribution in [3.63, 3.8) is 0 Å². The third-order valence-corrected chi connectivity index (χ3v) is 6.29. The van der Waals surface area contributed by atoms with E-state index < -0.39 is 5.97 Å². The van der Waals surface area contributed by atoms with Gasteiger partial charge in [0.2, 0.25) is 11.8 Å². The fourth-order valence-corrected chi connectivity index (χ4v) is 4.48. The van der Waals surface area contributed by atoms with Gasteiger partial charge < -0.3 is 4.74 Å². The highest BCUT2D eigenvalue weighted by Crippen LogP contribution is 2.33. The minimum atomic E-state index is -0.612. The first-order valence-corrected chi connectivity index (χ1v) is 11.2. The number of halogens is 2. The molecule has 0 atom stereocenters. The Kier molecular flexibility index (Phi) is 6.15. The number of esters is 1. The molecular weight excluding hydrogens is 469 g/mol. The average Bonchev–Trinajstić information content (AvgIpc) is 3.32. The van der Waals surface area contributed by atoms with E-state index in [4.69, 9.17) is 27.9 Å². The number of amides is 1. The Labute approximate surface area is 198 Å². The molecule has 9 heteroatoms. The van der Waals surface area contributed by atoms with E-state index in [1.807, 2.05) is 32.0 Å². The SMILES string of the molecule is CC(=O)N(c1nc(/C=C2\N=C(c3ccc(Cl)cc3Cl)OC2=O)cs1)c1cccc(C)c1C. The third kappa shape index (κ3) is 4.32. The summed E-state index contributed by atoms with van der Waals surface area (Å²) < 4.78 is 5.27. The van der Waals surface area contributed by atoms with E-state index in [0.717, 1.165) is 16.8 Å². The van der Waals surface area contributed by atoms with Crippen molar-refractivity contribution in [1.82, 2.24) is 4.98 Å². The van der Waals surface area contributed by atoms with Crippen LogP contribution in [0.15, 0.2) is 52.5 Å². The lowest BCUT2D eigenvalue weighted by molar-refractivity contribution is -0.130. The highest BCUT2D eigenvalue weighted by Gasteiger charge is 2.26. The molecule has 4 rings (SSSR count). The maximum atomic E-state index is 12.4. The zero-order valence-corrected chi connectivity index (χ0v) is 19.7. The van der Waals surface area contributed by atoms with Crippen LogP contribution in [0.2, 0.25) is 10.0 Å². The lowest BCUT2D eigenvalue weighted by Gasteiger charge is -2.21. The molecule has 0 bridgehead atoms. The van der Waals surface area contributed by atoms with Gasteiger partial charge in [-0.3, -0.25) is 9.69 Å². The second-order valence-electron chi connectivity index (χ2n) is 7.09. The molecule has 0 unspecified atom stereocenters. The Balaban J connectivity index is 1.67. The number of aromatic nitrogens is 1. The quantitative estimate of drug-likeness (QED) is 0.330. The second-order valence-corrected chi connectivity index (χ2v) is 8.77. The molecular formula is C23H17Cl2N3O3S. The van der Waals surface area contributed by atoms with Crippen LogP contribution in [0, 0.1) is 13.8 Å². The van der Waals surface area contributed by atoms with Gasteiger partial charge in [-0.25, -0.2) is 14.8 Å².